The Balaban J connectivity index is 1.66. The fourth-order valence-corrected chi connectivity index (χ4v) is 8.96. The molecule has 308 valence electrons. The Kier molecular flexibility index (Phi) is 17.0. The molecule has 4 rings (SSSR count). The van der Waals surface area contributed by atoms with Crippen molar-refractivity contribution in [1.82, 2.24) is 26.2 Å². The van der Waals surface area contributed by atoms with Crippen molar-refractivity contribution in [2.45, 2.75) is 154 Å². The first-order valence-corrected chi connectivity index (χ1v) is 20.8. The second-order valence-corrected chi connectivity index (χ2v) is 17.3. The fraction of sp³-hybridized carbons (Fsp3) is 0.875. The summed E-state index contributed by atoms with van der Waals surface area (Å²) in [4.78, 5) is 71.8. The van der Waals surface area contributed by atoms with Crippen molar-refractivity contribution < 1.29 is 33.4 Å². The molecule has 0 radical (unpaired) electrons. The number of rotatable bonds is 11. The molecule has 0 unspecified atom stereocenters. The molecule has 8 N–H and O–H groups in total. The van der Waals surface area contributed by atoms with Gasteiger partial charge in [0.25, 0.3) is 0 Å². The highest BCUT2D eigenvalue weighted by Crippen LogP contribution is 2.60. The predicted molar refractivity (Wildman–Crippen MR) is 207 cm³/mol. The van der Waals surface area contributed by atoms with E-state index < -0.39 is 65.9 Å². The normalized spacial score (nSPS) is 31.6. The van der Waals surface area contributed by atoms with Gasteiger partial charge in [0.05, 0.1) is 25.2 Å². The molecule has 1 aliphatic heterocycles. The molecule has 3 aliphatic carbocycles. The van der Waals surface area contributed by atoms with Crippen LogP contribution >= 0.6 is 0 Å². The molecule has 1 spiro atoms. The third-order valence-electron chi connectivity index (χ3n) is 12.4. The Morgan fingerprint density at radius 2 is 1.50 bits per heavy atom. The maximum absolute atomic E-state index is 14.4. The summed E-state index contributed by atoms with van der Waals surface area (Å²) in [6.07, 6.45) is 12.7. The highest BCUT2D eigenvalue weighted by atomic mass is 16.5. The maximum Gasteiger partial charge on any atom is 0.245 e. The molecule has 3 saturated carbocycles. The lowest BCUT2D eigenvalue weighted by Gasteiger charge is -2.55. The maximum atomic E-state index is 14.4. The molecular formula is C40H71N7O7. The number of carbonyl (C=O) groups excluding carboxylic acids is 5. The minimum absolute atomic E-state index is 0.0840. The van der Waals surface area contributed by atoms with Gasteiger partial charge in [-0.1, -0.05) is 52.9 Å². The van der Waals surface area contributed by atoms with Crippen molar-refractivity contribution >= 4 is 29.5 Å². The van der Waals surface area contributed by atoms with Gasteiger partial charge in [0, 0.05) is 26.2 Å². The van der Waals surface area contributed by atoms with E-state index in [9.17, 15) is 24.0 Å². The van der Waals surface area contributed by atoms with Crippen LogP contribution in [0.1, 0.15) is 118 Å². The lowest BCUT2D eigenvalue weighted by molar-refractivity contribution is -0.149. The molecule has 14 nitrogen and oxygen atoms in total. The Hall–Kier alpha value is -2.81. The van der Waals surface area contributed by atoms with Gasteiger partial charge in [-0.3, -0.25) is 24.0 Å². The van der Waals surface area contributed by atoms with Crippen LogP contribution in [-0.4, -0.2) is 111 Å². The zero-order chi connectivity index (χ0) is 39.4. The van der Waals surface area contributed by atoms with Crippen molar-refractivity contribution in [1.29, 1.82) is 0 Å². The number of nitrogens with one attached hydrogen (secondary N) is 4. The molecule has 54 heavy (non-hydrogen) atoms. The van der Waals surface area contributed by atoms with E-state index >= 15 is 0 Å². The van der Waals surface area contributed by atoms with E-state index in [4.69, 9.17) is 20.9 Å². The van der Waals surface area contributed by atoms with E-state index in [-0.39, 0.29) is 37.5 Å². The summed E-state index contributed by atoms with van der Waals surface area (Å²) in [5, 5.41) is 11.6. The average Bonchev–Trinajstić information content (AvgIpc) is 3.39. The summed E-state index contributed by atoms with van der Waals surface area (Å²) in [7, 11) is 1.67. The van der Waals surface area contributed by atoms with Crippen molar-refractivity contribution in [2.24, 2.45) is 40.6 Å². The molecule has 0 bridgehead atoms. The Labute approximate surface area is 323 Å². The Morgan fingerprint density at radius 1 is 0.852 bits per heavy atom. The van der Waals surface area contributed by atoms with E-state index in [1.807, 2.05) is 27.7 Å². The van der Waals surface area contributed by atoms with Gasteiger partial charge < -0.3 is 47.1 Å². The van der Waals surface area contributed by atoms with Gasteiger partial charge in [-0.05, 0) is 94.4 Å². The van der Waals surface area contributed by atoms with Gasteiger partial charge in [-0.15, -0.1) is 0 Å². The van der Waals surface area contributed by atoms with Crippen LogP contribution in [0, 0.1) is 29.1 Å². The third-order valence-corrected chi connectivity index (χ3v) is 12.4. The minimum Gasteiger partial charge on any atom is -0.379 e. The second-order valence-electron chi connectivity index (χ2n) is 17.3. The number of nitrogens with zero attached hydrogens (tertiary/aromatic N) is 1. The molecule has 7 atom stereocenters. The topological polar surface area (TPSA) is 207 Å². The van der Waals surface area contributed by atoms with Gasteiger partial charge >= 0.3 is 0 Å². The molecule has 0 aromatic heterocycles. The van der Waals surface area contributed by atoms with E-state index in [0.717, 1.165) is 51.4 Å². The van der Waals surface area contributed by atoms with Gasteiger partial charge in [-0.25, -0.2) is 0 Å². The molecule has 0 aromatic rings. The zero-order valence-corrected chi connectivity index (χ0v) is 33.7. The monoisotopic (exact) mass is 762 g/mol. The molecule has 1 heterocycles. The second kappa shape index (κ2) is 20.9. The summed E-state index contributed by atoms with van der Waals surface area (Å²) in [6, 6.07) is -4.48. The van der Waals surface area contributed by atoms with Crippen molar-refractivity contribution in [3.8, 4) is 0 Å². The first-order chi connectivity index (χ1) is 25.8. The predicted octanol–water partition coefficient (Wildman–Crippen LogP) is 2.12. The van der Waals surface area contributed by atoms with E-state index in [1.54, 1.807) is 7.05 Å². The number of likely N-dealkylation sites (N-methyl/N-ethyl adjacent to an activating group) is 1. The molecule has 0 aromatic carbocycles. The van der Waals surface area contributed by atoms with Gasteiger partial charge in [0.1, 0.15) is 24.2 Å². The number of hydrogen-bond acceptors (Lipinski definition) is 9. The van der Waals surface area contributed by atoms with Crippen LogP contribution in [-0.2, 0) is 33.4 Å². The summed E-state index contributed by atoms with van der Waals surface area (Å²) >= 11 is 0. The first-order valence-electron chi connectivity index (χ1n) is 20.8. The molecule has 5 amide bonds. The van der Waals surface area contributed by atoms with Crippen LogP contribution in [0.3, 0.4) is 0 Å². The summed E-state index contributed by atoms with van der Waals surface area (Å²) in [6.45, 7) is 8.22. The van der Waals surface area contributed by atoms with Crippen LogP contribution in [0.5, 0.6) is 0 Å². The standard InChI is InChI=1S/C40H71N7O7/c1-25(2)18-32-37(50)46-34(29-12-8-6-7-9-13-29)38(51)44-30(22-42)35(48)45-31(24-53-17-11-16-41)36(49)43-26(3)23-54-33(27(4)39(52)47(32)5)19-28-20-40(21-28)14-10-15-40/h25-34H,6-24,41-42H2,1-5H3,(H,43,49)(H,44,51)(H,45,48)(H,46,50)/t26-,27-,30+,31+,32+,33-,34+/m1/s1. The zero-order valence-electron chi connectivity index (χ0n) is 33.7. The highest BCUT2D eigenvalue weighted by molar-refractivity contribution is 5.96. The van der Waals surface area contributed by atoms with Crippen LogP contribution in [0.25, 0.3) is 0 Å². The van der Waals surface area contributed by atoms with Crippen molar-refractivity contribution in [2.75, 3.05) is 40.0 Å². The number of amides is 5. The summed E-state index contributed by atoms with van der Waals surface area (Å²) < 4.78 is 12.2. The van der Waals surface area contributed by atoms with Crippen LogP contribution < -0.4 is 32.7 Å². The highest BCUT2D eigenvalue weighted by Gasteiger charge is 2.49. The van der Waals surface area contributed by atoms with Crippen molar-refractivity contribution in [3.63, 3.8) is 0 Å². The molecule has 4 aliphatic rings. The van der Waals surface area contributed by atoms with E-state index in [2.05, 4.69) is 21.3 Å². The minimum atomic E-state index is -1.17. The SMILES string of the molecule is CC(C)C[C@H]1C(=O)N[C@@H](C2CCCCCC2)C(=O)N[C@@H](CN)C(=O)N[C@@H](COCCCN)C(=O)N[C@H](C)CO[C@H](CC2CC3(CCC3)C2)[C@@H](C)C(=O)N1C. The third kappa shape index (κ3) is 12.1. The van der Waals surface area contributed by atoms with Gasteiger partial charge in [0.2, 0.25) is 29.5 Å². The first kappa shape index (κ1) is 43.9. The smallest absolute Gasteiger partial charge is 0.245 e. The molecule has 14 heteroatoms. The number of ether oxygens (including phenoxy) is 2. The fourth-order valence-electron chi connectivity index (χ4n) is 8.96. The van der Waals surface area contributed by atoms with Crippen LogP contribution in [0.2, 0.25) is 0 Å². The van der Waals surface area contributed by atoms with Crippen LogP contribution in [0.4, 0.5) is 0 Å². The van der Waals surface area contributed by atoms with Crippen molar-refractivity contribution in [3.05, 3.63) is 0 Å². The molecule has 4 fully saturated rings. The lowest BCUT2D eigenvalue weighted by atomic mass is 9.51. The summed E-state index contributed by atoms with van der Waals surface area (Å²) in [5.74, 6) is -2.42. The van der Waals surface area contributed by atoms with E-state index in [1.165, 1.54) is 24.2 Å². The Bertz CT molecular complexity index is 1250. The number of nitrogens with two attached hydrogens (primary N) is 2. The number of carbonyl (C=O) groups is 5. The number of hydrogen-bond donors (Lipinski definition) is 6. The Morgan fingerprint density at radius 3 is 2.09 bits per heavy atom. The molecule has 1 saturated heterocycles. The van der Waals surface area contributed by atoms with Crippen LogP contribution in [0.15, 0.2) is 0 Å². The largest absolute Gasteiger partial charge is 0.379 e. The van der Waals surface area contributed by atoms with Gasteiger partial charge in [-0.2, -0.15) is 0 Å². The lowest BCUT2D eigenvalue weighted by Crippen LogP contribution is -2.62. The molecular weight excluding hydrogens is 690 g/mol. The quantitative estimate of drug-likeness (QED) is 0.135. The van der Waals surface area contributed by atoms with Gasteiger partial charge in [0.15, 0.2) is 0 Å². The summed E-state index contributed by atoms with van der Waals surface area (Å²) in [5.41, 5.74) is 12.1. The van der Waals surface area contributed by atoms with E-state index in [0.29, 0.717) is 43.7 Å². The average molecular weight is 762 g/mol.